The molecule has 76 valence electrons. The van der Waals surface area contributed by atoms with Gasteiger partial charge in [0.1, 0.15) is 0 Å². The van der Waals surface area contributed by atoms with Crippen LogP contribution in [0.4, 0.5) is 5.69 Å². The van der Waals surface area contributed by atoms with Crippen molar-refractivity contribution in [3.05, 3.63) is 24.3 Å². The molecule has 2 rings (SSSR count). The maximum atomic E-state index is 10.6. The number of anilines is 1. The van der Waals surface area contributed by atoms with Gasteiger partial charge in [0.15, 0.2) is 0 Å². The Hall–Kier alpha value is -0.870. The smallest absolute Gasteiger partial charge is 0.0366 e. The minimum Gasteiger partial charge on any atom is -0.768 e. The third-order valence-electron chi connectivity index (χ3n) is 2.50. The fourth-order valence-electron chi connectivity index (χ4n) is 1.74. The highest BCUT2D eigenvalue weighted by molar-refractivity contribution is 7.79. The van der Waals surface area contributed by atoms with Crippen molar-refractivity contribution in [1.82, 2.24) is 0 Å². The molecule has 3 nitrogen and oxygen atoms in total. The summed E-state index contributed by atoms with van der Waals surface area (Å²) in [5.74, 6) is 0. The molecule has 1 saturated heterocycles. The quantitative estimate of drug-likeness (QED) is 0.695. The van der Waals surface area contributed by atoms with E-state index in [0.717, 1.165) is 18.8 Å². The standard InChI is InChI=1S/C10H13NO2S/c12-14(13)10-5-3-9(4-6-10)11-7-1-2-8-11/h3-6H,1-2,7-8H2,(H,12,13)/p-1. The molecule has 1 aliphatic heterocycles. The van der Waals surface area contributed by atoms with Crippen LogP contribution < -0.4 is 4.90 Å². The topological polar surface area (TPSA) is 43.4 Å². The second-order valence-corrected chi connectivity index (χ2v) is 4.36. The third kappa shape index (κ3) is 1.96. The predicted octanol–water partition coefficient (Wildman–Crippen LogP) is 1.52. The first-order valence-electron chi connectivity index (χ1n) is 4.71. The fraction of sp³-hybridized carbons (Fsp3) is 0.400. The van der Waals surface area contributed by atoms with Crippen LogP contribution in [0.2, 0.25) is 0 Å². The van der Waals surface area contributed by atoms with Gasteiger partial charge < -0.3 is 9.45 Å². The van der Waals surface area contributed by atoms with E-state index in [-0.39, 0.29) is 0 Å². The molecule has 1 atom stereocenters. The largest absolute Gasteiger partial charge is 0.768 e. The molecule has 1 aromatic carbocycles. The Bertz CT molecular complexity index is 330. The van der Waals surface area contributed by atoms with E-state index in [0.29, 0.717) is 4.90 Å². The zero-order valence-corrected chi connectivity index (χ0v) is 8.63. The van der Waals surface area contributed by atoms with Gasteiger partial charge in [-0.1, -0.05) is 0 Å². The second kappa shape index (κ2) is 4.11. The number of hydrogen-bond donors (Lipinski definition) is 0. The average molecular weight is 210 g/mol. The molecule has 1 heterocycles. The Labute approximate surface area is 86.0 Å². The van der Waals surface area contributed by atoms with Crippen molar-refractivity contribution >= 4 is 16.8 Å². The van der Waals surface area contributed by atoms with Gasteiger partial charge in [0.05, 0.1) is 0 Å². The first kappa shape index (κ1) is 9.68. The molecule has 0 radical (unpaired) electrons. The van der Waals surface area contributed by atoms with Crippen molar-refractivity contribution in [1.29, 1.82) is 0 Å². The lowest BCUT2D eigenvalue weighted by Crippen LogP contribution is -2.17. The van der Waals surface area contributed by atoms with Gasteiger partial charge in [-0.05, 0) is 48.2 Å². The summed E-state index contributed by atoms with van der Waals surface area (Å²) in [5, 5.41) is 0. The Morgan fingerprint density at radius 2 is 1.71 bits per heavy atom. The third-order valence-corrected chi connectivity index (χ3v) is 3.16. The SMILES string of the molecule is O=S([O-])c1ccc(N2CCCC2)cc1. The molecule has 14 heavy (non-hydrogen) atoms. The van der Waals surface area contributed by atoms with Crippen LogP contribution in [0, 0.1) is 0 Å². The first-order valence-corrected chi connectivity index (χ1v) is 5.79. The summed E-state index contributed by atoms with van der Waals surface area (Å²) in [6.07, 6.45) is 2.46. The van der Waals surface area contributed by atoms with Crippen LogP contribution in [-0.2, 0) is 11.1 Å². The van der Waals surface area contributed by atoms with Gasteiger partial charge in [0, 0.05) is 23.7 Å². The van der Waals surface area contributed by atoms with E-state index < -0.39 is 11.1 Å². The monoisotopic (exact) mass is 210 g/mol. The molecular weight excluding hydrogens is 198 g/mol. The van der Waals surface area contributed by atoms with Gasteiger partial charge in [-0.3, -0.25) is 4.21 Å². The van der Waals surface area contributed by atoms with Gasteiger partial charge in [0.25, 0.3) is 0 Å². The summed E-state index contributed by atoms with van der Waals surface area (Å²) in [4.78, 5) is 2.63. The Kier molecular flexibility index (Phi) is 2.84. The van der Waals surface area contributed by atoms with Crippen LogP contribution in [-0.4, -0.2) is 21.9 Å². The lowest BCUT2D eigenvalue weighted by atomic mass is 10.3. The van der Waals surface area contributed by atoms with Crippen LogP contribution >= 0.6 is 0 Å². The summed E-state index contributed by atoms with van der Waals surface area (Å²) in [7, 11) is 0. The van der Waals surface area contributed by atoms with Crippen LogP contribution in [0.3, 0.4) is 0 Å². The number of rotatable bonds is 2. The first-order chi connectivity index (χ1) is 6.77. The zero-order chi connectivity index (χ0) is 9.97. The van der Waals surface area contributed by atoms with E-state index in [4.69, 9.17) is 0 Å². The summed E-state index contributed by atoms with van der Waals surface area (Å²) >= 11 is -2.11. The van der Waals surface area contributed by atoms with Crippen LogP contribution in [0.1, 0.15) is 12.8 Å². The highest BCUT2D eigenvalue weighted by Gasteiger charge is 2.11. The molecule has 0 saturated carbocycles. The van der Waals surface area contributed by atoms with Gasteiger partial charge in [-0.15, -0.1) is 0 Å². The van der Waals surface area contributed by atoms with Crippen molar-refractivity contribution in [2.24, 2.45) is 0 Å². The maximum Gasteiger partial charge on any atom is 0.0366 e. The van der Waals surface area contributed by atoms with Crippen molar-refractivity contribution in [2.45, 2.75) is 17.7 Å². The minimum absolute atomic E-state index is 0.355. The molecule has 0 aliphatic carbocycles. The maximum absolute atomic E-state index is 10.6. The van der Waals surface area contributed by atoms with E-state index in [9.17, 15) is 8.76 Å². The lowest BCUT2D eigenvalue weighted by Gasteiger charge is -2.17. The molecule has 4 heteroatoms. The number of benzene rings is 1. The van der Waals surface area contributed by atoms with Gasteiger partial charge >= 0.3 is 0 Å². The van der Waals surface area contributed by atoms with E-state index in [2.05, 4.69) is 4.90 Å². The number of hydrogen-bond acceptors (Lipinski definition) is 3. The summed E-state index contributed by atoms with van der Waals surface area (Å²) in [5.41, 5.74) is 1.12. The molecule has 1 aromatic rings. The van der Waals surface area contributed by atoms with Gasteiger partial charge in [-0.25, -0.2) is 0 Å². The molecule has 0 spiro atoms. The molecule has 0 N–H and O–H groups in total. The molecule has 0 amide bonds. The molecule has 1 aliphatic rings. The van der Waals surface area contributed by atoms with Gasteiger partial charge in [-0.2, -0.15) is 0 Å². The highest BCUT2D eigenvalue weighted by Crippen LogP contribution is 2.20. The van der Waals surface area contributed by atoms with Crippen LogP contribution in [0.25, 0.3) is 0 Å². The molecule has 0 aromatic heterocycles. The van der Waals surface area contributed by atoms with E-state index in [1.807, 2.05) is 12.1 Å². The number of nitrogens with zero attached hydrogens (tertiary/aromatic N) is 1. The van der Waals surface area contributed by atoms with Crippen LogP contribution in [0.15, 0.2) is 29.2 Å². The average Bonchev–Trinajstić information content (AvgIpc) is 2.71. The molecule has 1 fully saturated rings. The van der Waals surface area contributed by atoms with Crippen molar-refractivity contribution in [3.8, 4) is 0 Å². The van der Waals surface area contributed by atoms with E-state index in [1.165, 1.54) is 12.8 Å². The van der Waals surface area contributed by atoms with Crippen LogP contribution in [0.5, 0.6) is 0 Å². The van der Waals surface area contributed by atoms with Crippen molar-refractivity contribution < 1.29 is 8.76 Å². The van der Waals surface area contributed by atoms with Gasteiger partial charge in [0.2, 0.25) is 0 Å². The molecule has 0 bridgehead atoms. The normalized spacial score (nSPS) is 18.5. The Morgan fingerprint density at radius 3 is 2.21 bits per heavy atom. The minimum atomic E-state index is -2.11. The zero-order valence-electron chi connectivity index (χ0n) is 7.81. The molecular formula is C10H12NO2S-. The summed E-state index contributed by atoms with van der Waals surface area (Å²) < 4.78 is 21.2. The summed E-state index contributed by atoms with van der Waals surface area (Å²) in [6, 6.07) is 7.04. The van der Waals surface area contributed by atoms with Crippen molar-refractivity contribution in [2.75, 3.05) is 18.0 Å². The molecule has 1 unspecified atom stereocenters. The summed E-state index contributed by atoms with van der Waals surface area (Å²) in [6.45, 7) is 2.17. The lowest BCUT2D eigenvalue weighted by molar-refractivity contribution is 0.537. The predicted molar refractivity (Wildman–Crippen MR) is 55.1 cm³/mol. The Balaban J connectivity index is 2.16. The van der Waals surface area contributed by atoms with Crippen molar-refractivity contribution in [3.63, 3.8) is 0 Å². The fourth-order valence-corrected chi connectivity index (χ4v) is 2.10. The Morgan fingerprint density at radius 1 is 1.14 bits per heavy atom. The van der Waals surface area contributed by atoms with E-state index in [1.54, 1.807) is 12.1 Å². The second-order valence-electron chi connectivity index (χ2n) is 3.42. The highest BCUT2D eigenvalue weighted by atomic mass is 32.2. The van der Waals surface area contributed by atoms with E-state index >= 15 is 0 Å².